The van der Waals surface area contributed by atoms with E-state index in [-0.39, 0.29) is 0 Å². The second-order valence-electron chi connectivity index (χ2n) is 2.35. The molecule has 15 heavy (non-hydrogen) atoms. The Bertz CT molecular complexity index is 562. The van der Waals surface area contributed by atoms with Crippen LogP contribution in [0.3, 0.4) is 0 Å². The van der Waals surface area contributed by atoms with Crippen molar-refractivity contribution in [1.29, 1.82) is 5.26 Å². The first-order valence-corrected chi connectivity index (χ1v) is 5.66. The van der Waals surface area contributed by atoms with Gasteiger partial charge in [0.15, 0.2) is 5.03 Å². The second kappa shape index (κ2) is 3.80. The molecule has 0 atom stereocenters. The molecule has 1 aromatic rings. The van der Waals surface area contributed by atoms with E-state index in [0.717, 1.165) is 12.3 Å². The molecule has 0 saturated carbocycles. The zero-order valence-corrected chi connectivity index (χ0v) is 8.49. The van der Waals surface area contributed by atoms with Crippen LogP contribution < -0.4 is 0 Å². The van der Waals surface area contributed by atoms with Gasteiger partial charge in [0, 0.05) is 16.7 Å². The summed E-state index contributed by atoms with van der Waals surface area (Å²) in [6.45, 7) is 0. The molecule has 0 aromatic carbocycles. The average Bonchev–Trinajstić information content (AvgIpc) is 2.15. The van der Waals surface area contributed by atoms with Crippen LogP contribution in [0.4, 0.5) is 5.69 Å². The molecule has 0 aliphatic rings. The SMILES string of the molecule is N#Cc1cc([N+](=O)[O-])cnc1S(=O)(=O)Cl. The topological polar surface area (TPSA) is 114 Å². The van der Waals surface area contributed by atoms with E-state index < -0.39 is 30.3 Å². The van der Waals surface area contributed by atoms with Crippen LogP contribution in [0.1, 0.15) is 5.56 Å². The van der Waals surface area contributed by atoms with Crippen LogP contribution in [0.5, 0.6) is 0 Å². The monoisotopic (exact) mass is 247 g/mol. The van der Waals surface area contributed by atoms with Crippen molar-refractivity contribution in [1.82, 2.24) is 4.98 Å². The van der Waals surface area contributed by atoms with Gasteiger partial charge in [0.1, 0.15) is 12.3 Å². The molecule has 0 saturated heterocycles. The molecule has 9 heteroatoms. The molecule has 0 aliphatic carbocycles. The maximum atomic E-state index is 10.9. The summed E-state index contributed by atoms with van der Waals surface area (Å²) in [6, 6.07) is 2.26. The van der Waals surface area contributed by atoms with E-state index in [4.69, 9.17) is 15.9 Å². The smallest absolute Gasteiger partial charge is 0.258 e. The van der Waals surface area contributed by atoms with Crippen molar-refractivity contribution in [3.05, 3.63) is 27.9 Å². The molecule has 1 aromatic heterocycles. The first-order valence-electron chi connectivity index (χ1n) is 3.35. The summed E-state index contributed by atoms with van der Waals surface area (Å²) >= 11 is 0. The Kier molecular flexibility index (Phi) is 2.88. The minimum Gasteiger partial charge on any atom is -0.258 e. The van der Waals surface area contributed by atoms with Crippen LogP contribution in [0.25, 0.3) is 0 Å². The van der Waals surface area contributed by atoms with Crippen molar-refractivity contribution in [2.45, 2.75) is 5.03 Å². The first kappa shape index (κ1) is 11.4. The van der Waals surface area contributed by atoms with Crippen molar-refractivity contribution < 1.29 is 13.3 Å². The first-order chi connectivity index (χ1) is 6.86. The van der Waals surface area contributed by atoms with E-state index in [1.54, 1.807) is 0 Å². The summed E-state index contributed by atoms with van der Waals surface area (Å²) in [4.78, 5) is 12.8. The van der Waals surface area contributed by atoms with E-state index in [1.165, 1.54) is 6.07 Å². The Morgan fingerprint density at radius 1 is 1.60 bits per heavy atom. The number of pyridine rings is 1. The van der Waals surface area contributed by atoms with Crippen molar-refractivity contribution in [2.24, 2.45) is 0 Å². The number of nitrogens with zero attached hydrogens (tertiary/aromatic N) is 3. The summed E-state index contributed by atoms with van der Waals surface area (Å²) in [5.74, 6) is 0. The Morgan fingerprint density at radius 3 is 2.60 bits per heavy atom. The van der Waals surface area contributed by atoms with E-state index >= 15 is 0 Å². The molecule has 0 aliphatic heterocycles. The molecule has 0 spiro atoms. The third-order valence-electron chi connectivity index (χ3n) is 1.40. The predicted octanol–water partition coefficient (Wildman–Crippen LogP) is 0.789. The molecule has 0 bridgehead atoms. The maximum Gasteiger partial charge on any atom is 0.288 e. The van der Waals surface area contributed by atoms with Crippen LogP contribution in [0.15, 0.2) is 17.3 Å². The fourth-order valence-corrected chi connectivity index (χ4v) is 1.73. The van der Waals surface area contributed by atoms with Gasteiger partial charge in [-0.1, -0.05) is 0 Å². The quantitative estimate of drug-likeness (QED) is 0.433. The molecular formula is C6H2ClN3O4S. The van der Waals surface area contributed by atoms with Crippen molar-refractivity contribution >= 4 is 25.4 Å². The molecule has 1 heterocycles. The predicted molar refractivity (Wildman–Crippen MR) is 48.6 cm³/mol. The fraction of sp³-hybridized carbons (Fsp3) is 0. The minimum absolute atomic E-state index is 0.459. The van der Waals surface area contributed by atoms with Gasteiger partial charge in [-0.15, -0.1) is 0 Å². The number of hydrogen-bond acceptors (Lipinski definition) is 6. The van der Waals surface area contributed by atoms with Crippen LogP contribution in [0.2, 0.25) is 0 Å². The van der Waals surface area contributed by atoms with E-state index in [2.05, 4.69) is 4.98 Å². The summed E-state index contributed by atoms with van der Waals surface area (Å²) in [5, 5.41) is 18.2. The van der Waals surface area contributed by atoms with Gasteiger partial charge in [0.2, 0.25) is 0 Å². The minimum atomic E-state index is -4.17. The molecule has 0 N–H and O–H groups in total. The second-order valence-corrected chi connectivity index (χ2v) is 4.83. The molecule has 0 unspecified atom stereocenters. The van der Waals surface area contributed by atoms with Crippen LogP contribution >= 0.6 is 10.7 Å². The van der Waals surface area contributed by atoms with Gasteiger partial charge >= 0.3 is 0 Å². The lowest BCUT2D eigenvalue weighted by molar-refractivity contribution is -0.385. The normalized spacial score (nSPS) is 10.7. The fourth-order valence-electron chi connectivity index (χ4n) is 0.815. The van der Waals surface area contributed by atoms with Crippen LogP contribution in [0, 0.1) is 21.4 Å². The lowest BCUT2D eigenvalue weighted by Gasteiger charge is -1.97. The number of rotatable bonds is 2. The lowest BCUT2D eigenvalue weighted by atomic mass is 10.3. The number of nitriles is 1. The Hall–Kier alpha value is -1.72. The molecule has 1 rings (SSSR count). The number of nitro groups is 1. The third-order valence-corrected chi connectivity index (χ3v) is 2.62. The average molecular weight is 248 g/mol. The van der Waals surface area contributed by atoms with Crippen LogP contribution in [-0.2, 0) is 9.05 Å². The van der Waals surface area contributed by atoms with Gasteiger partial charge in [-0.25, -0.2) is 13.4 Å². The summed E-state index contributed by atoms with van der Waals surface area (Å²) < 4.78 is 21.8. The zero-order valence-electron chi connectivity index (χ0n) is 6.92. The maximum absolute atomic E-state index is 10.9. The van der Waals surface area contributed by atoms with Gasteiger partial charge in [-0.05, 0) is 0 Å². The van der Waals surface area contributed by atoms with Gasteiger partial charge < -0.3 is 0 Å². The standard InChI is InChI=1S/C6H2ClN3O4S/c7-15(13,14)6-4(2-8)1-5(3-9-6)10(11)12/h1,3H. The number of hydrogen-bond donors (Lipinski definition) is 0. The van der Waals surface area contributed by atoms with Gasteiger partial charge in [-0.2, -0.15) is 5.26 Å². The van der Waals surface area contributed by atoms with E-state index in [9.17, 15) is 18.5 Å². The van der Waals surface area contributed by atoms with E-state index in [1.807, 2.05) is 0 Å². The van der Waals surface area contributed by atoms with Crippen LogP contribution in [-0.4, -0.2) is 18.3 Å². The molecule has 78 valence electrons. The molecule has 0 fully saturated rings. The highest BCUT2D eigenvalue weighted by Gasteiger charge is 2.20. The molecule has 7 nitrogen and oxygen atoms in total. The summed E-state index contributed by atoms with van der Waals surface area (Å²) in [7, 11) is 0.791. The molecular weight excluding hydrogens is 246 g/mol. The zero-order chi connectivity index (χ0) is 11.6. The highest BCUT2D eigenvalue weighted by Crippen LogP contribution is 2.20. The summed E-state index contributed by atoms with van der Waals surface area (Å²) in [6.07, 6.45) is 0.718. The highest BCUT2D eigenvalue weighted by molar-refractivity contribution is 8.13. The van der Waals surface area contributed by atoms with Gasteiger partial charge in [0.05, 0.1) is 10.5 Å². The van der Waals surface area contributed by atoms with Crippen molar-refractivity contribution in [3.8, 4) is 6.07 Å². The highest BCUT2D eigenvalue weighted by atomic mass is 35.7. The van der Waals surface area contributed by atoms with Gasteiger partial charge in [-0.3, -0.25) is 10.1 Å². The Labute approximate surface area is 88.5 Å². The van der Waals surface area contributed by atoms with E-state index in [0.29, 0.717) is 0 Å². The summed E-state index contributed by atoms with van der Waals surface area (Å²) in [5.41, 5.74) is -0.935. The number of aromatic nitrogens is 1. The Morgan fingerprint density at radius 2 is 2.20 bits per heavy atom. The number of halogens is 1. The lowest BCUT2D eigenvalue weighted by Crippen LogP contribution is -2.00. The van der Waals surface area contributed by atoms with Crippen molar-refractivity contribution in [3.63, 3.8) is 0 Å². The third kappa shape index (κ3) is 2.39. The largest absolute Gasteiger partial charge is 0.288 e. The molecule has 0 amide bonds. The Balaban J connectivity index is 3.49. The van der Waals surface area contributed by atoms with Crippen molar-refractivity contribution in [2.75, 3.05) is 0 Å². The van der Waals surface area contributed by atoms with Gasteiger partial charge in [0.25, 0.3) is 14.7 Å². The molecule has 0 radical (unpaired) electrons.